The van der Waals surface area contributed by atoms with Gasteiger partial charge in [0.2, 0.25) is 0 Å². The van der Waals surface area contributed by atoms with E-state index in [4.69, 9.17) is 4.74 Å². The van der Waals surface area contributed by atoms with Crippen molar-refractivity contribution in [3.8, 4) is 0 Å². The summed E-state index contributed by atoms with van der Waals surface area (Å²) < 4.78 is 46.1. The lowest BCUT2D eigenvalue weighted by Gasteiger charge is -2.55. The lowest BCUT2D eigenvalue weighted by molar-refractivity contribution is -0.127. The summed E-state index contributed by atoms with van der Waals surface area (Å²) in [6, 6.07) is 5.42. The molecule has 0 saturated carbocycles. The van der Waals surface area contributed by atoms with Crippen molar-refractivity contribution >= 4 is 22.4 Å². The number of pyridine rings is 1. The number of hydrogen-bond donors (Lipinski definition) is 1. The second-order valence-corrected chi connectivity index (χ2v) is 8.49. The predicted molar refractivity (Wildman–Crippen MR) is 111 cm³/mol. The zero-order valence-corrected chi connectivity index (χ0v) is 17.2. The van der Waals surface area contributed by atoms with Crippen LogP contribution < -0.4 is 10.2 Å². The van der Waals surface area contributed by atoms with Crippen LogP contribution in [-0.4, -0.2) is 41.5 Å². The Hall–Kier alpha value is -2.94. The molecular weight excluding hydrogens is 407 g/mol. The van der Waals surface area contributed by atoms with Crippen molar-refractivity contribution in [2.75, 3.05) is 36.5 Å². The van der Waals surface area contributed by atoms with Gasteiger partial charge in [0.25, 0.3) is 6.43 Å². The molecule has 1 aromatic carbocycles. The first kappa shape index (κ1) is 20.0. The summed E-state index contributed by atoms with van der Waals surface area (Å²) in [7, 11) is 0. The zero-order valence-electron chi connectivity index (χ0n) is 17.2. The SMILES string of the molecule is Cc1nnc(N[C@H](C)c2cccc(C(F)F)c2F)c2cc(N3CC4(COC4)C3)cnc12. The molecule has 162 valence electrons. The number of ether oxygens (including phenoxy) is 1. The summed E-state index contributed by atoms with van der Waals surface area (Å²) in [6.07, 6.45) is -1.05. The highest BCUT2D eigenvalue weighted by Gasteiger charge is 2.49. The van der Waals surface area contributed by atoms with E-state index in [1.165, 1.54) is 12.1 Å². The maximum atomic E-state index is 14.6. The van der Waals surface area contributed by atoms with Crippen molar-refractivity contribution in [1.29, 1.82) is 0 Å². The molecule has 1 N–H and O–H groups in total. The average molecular weight is 429 g/mol. The number of nitrogens with one attached hydrogen (secondary N) is 1. The number of aromatic nitrogens is 3. The lowest BCUT2D eigenvalue weighted by Crippen LogP contribution is -2.66. The molecular formula is C22H22F3N5O. The van der Waals surface area contributed by atoms with Crippen LogP contribution in [0.2, 0.25) is 0 Å². The maximum Gasteiger partial charge on any atom is 0.266 e. The van der Waals surface area contributed by atoms with Crippen LogP contribution in [0.1, 0.15) is 36.2 Å². The molecule has 2 aliphatic rings. The van der Waals surface area contributed by atoms with Gasteiger partial charge in [-0.05, 0) is 19.9 Å². The highest BCUT2D eigenvalue weighted by molar-refractivity contribution is 5.92. The van der Waals surface area contributed by atoms with Gasteiger partial charge in [-0.1, -0.05) is 18.2 Å². The topological polar surface area (TPSA) is 63.2 Å². The summed E-state index contributed by atoms with van der Waals surface area (Å²) in [5.41, 5.74) is 2.15. The average Bonchev–Trinajstić information content (AvgIpc) is 2.68. The molecule has 1 atom stereocenters. The van der Waals surface area contributed by atoms with E-state index < -0.39 is 23.8 Å². The molecule has 9 heteroatoms. The van der Waals surface area contributed by atoms with E-state index in [0.717, 1.165) is 43.4 Å². The van der Waals surface area contributed by atoms with E-state index in [9.17, 15) is 13.2 Å². The Labute approximate surface area is 177 Å². The Balaban J connectivity index is 1.46. The fourth-order valence-electron chi connectivity index (χ4n) is 4.30. The first-order valence-electron chi connectivity index (χ1n) is 10.2. The standard InChI is InChI=1S/C22H22F3N5O/c1-12(15-4-3-5-16(18(15)23)20(24)25)27-21-17-6-14(7-26-19(17)13(2)28-29-21)30-8-22(9-30)10-31-11-22/h3-7,12,20H,8-11H2,1-2H3,(H,27,29)/t12-/m1/s1. The Kier molecular flexibility index (Phi) is 4.73. The summed E-state index contributed by atoms with van der Waals surface area (Å²) in [6.45, 7) is 6.95. The van der Waals surface area contributed by atoms with Crippen LogP contribution in [-0.2, 0) is 4.74 Å². The van der Waals surface area contributed by atoms with Gasteiger partial charge < -0.3 is 15.0 Å². The van der Waals surface area contributed by atoms with Crippen LogP contribution in [0.15, 0.2) is 30.5 Å². The summed E-state index contributed by atoms with van der Waals surface area (Å²) in [5.74, 6) is -0.471. The second kappa shape index (κ2) is 7.33. The number of halogens is 3. The lowest BCUT2D eigenvalue weighted by atomic mass is 9.78. The molecule has 0 aliphatic carbocycles. The van der Waals surface area contributed by atoms with Crippen LogP contribution >= 0.6 is 0 Å². The molecule has 0 radical (unpaired) electrons. The molecule has 1 spiro atoms. The van der Waals surface area contributed by atoms with Gasteiger partial charge in [0, 0.05) is 24.0 Å². The Morgan fingerprint density at radius 2 is 1.90 bits per heavy atom. The van der Waals surface area contributed by atoms with Crippen molar-refractivity contribution in [3.63, 3.8) is 0 Å². The number of aryl methyl sites for hydroxylation is 1. The third kappa shape index (κ3) is 3.37. The largest absolute Gasteiger partial charge is 0.380 e. The smallest absolute Gasteiger partial charge is 0.266 e. The fraction of sp³-hybridized carbons (Fsp3) is 0.409. The third-order valence-electron chi connectivity index (χ3n) is 6.12. The number of benzene rings is 1. The molecule has 2 aliphatic heterocycles. The van der Waals surface area contributed by atoms with Gasteiger partial charge >= 0.3 is 0 Å². The van der Waals surface area contributed by atoms with Crippen LogP contribution in [0.3, 0.4) is 0 Å². The molecule has 3 aromatic rings. The third-order valence-corrected chi connectivity index (χ3v) is 6.12. The molecule has 0 bridgehead atoms. The Morgan fingerprint density at radius 3 is 2.58 bits per heavy atom. The van der Waals surface area contributed by atoms with Crippen molar-refractivity contribution in [2.24, 2.45) is 5.41 Å². The number of alkyl halides is 2. The monoisotopic (exact) mass is 429 g/mol. The van der Waals surface area contributed by atoms with Crippen LogP contribution in [0.25, 0.3) is 10.9 Å². The number of anilines is 2. The quantitative estimate of drug-likeness (QED) is 0.648. The van der Waals surface area contributed by atoms with E-state index in [1.807, 2.05) is 19.2 Å². The molecule has 6 nitrogen and oxygen atoms in total. The van der Waals surface area contributed by atoms with Gasteiger partial charge in [0.1, 0.15) is 5.82 Å². The number of hydrogen-bond acceptors (Lipinski definition) is 6. The van der Waals surface area contributed by atoms with Crippen LogP contribution in [0.4, 0.5) is 24.7 Å². The highest BCUT2D eigenvalue weighted by atomic mass is 19.3. The Morgan fingerprint density at radius 1 is 1.16 bits per heavy atom. The Bertz CT molecular complexity index is 1140. The van der Waals surface area contributed by atoms with Gasteiger partial charge in [-0.2, -0.15) is 5.10 Å². The van der Waals surface area contributed by atoms with Gasteiger partial charge in [0.05, 0.1) is 53.3 Å². The second-order valence-electron chi connectivity index (χ2n) is 8.49. The number of fused-ring (bicyclic) bond motifs is 1. The highest BCUT2D eigenvalue weighted by Crippen LogP contribution is 2.41. The van der Waals surface area contributed by atoms with Gasteiger partial charge in [-0.25, -0.2) is 13.2 Å². The minimum atomic E-state index is -2.88. The minimum absolute atomic E-state index is 0.145. The summed E-state index contributed by atoms with van der Waals surface area (Å²) in [5, 5.41) is 12.3. The summed E-state index contributed by atoms with van der Waals surface area (Å²) in [4.78, 5) is 6.82. The molecule has 0 unspecified atom stereocenters. The van der Waals surface area contributed by atoms with E-state index in [-0.39, 0.29) is 11.0 Å². The normalized spacial score (nSPS) is 18.2. The number of nitrogens with zero attached hydrogens (tertiary/aromatic N) is 4. The first-order valence-corrected chi connectivity index (χ1v) is 10.2. The van der Waals surface area contributed by atoms with Crippen molar-refractivity contribution < 1.29 is 17.9 Å². The van der Waals surface area contributed by atoms with Gasteiger partial charge in [0.15, 0.2) is 5.82 Å². The maximum absolute atomic E-state index is 14.6. The van der Waals surface area contributed by atoms with Gasteiger partial charge in [-0.3, -0.25) is 4.98 Å². The number of rotatable bonds is 5. The van der Waals surface area contributed by atoms with Crippen LogP contribution in [0, 0.1) is 18.2 Å². The molecule has 4 heterocycles. The minimum Gasteiger partial charge on any atom is -0.380 e. The van der Waals surface area contributed by atoms with Crippen molar-refractivity contribution in [3.05, 3.63) is 53.1 Å². The molecule has 2 saturated heterocycles. The van der Waals surface area contributed by atoms with E-state index in [0.29, 0.717) is 17.0 Å². The van der Waals surface area contributed by atoms with E-state index >= 15 is 0 Å². The first-order chi connectivity index (χ1) is 14.9. The molecule has 5 rings (SSSR count). The fourth-order valence-corrected chi connectivity index (χ4v) is 4.30. The van der Waals surface area contributed by atoms with Gasteiger partial charge in [-0.15, -0.1) is 5.10 Å². The predicted octanol–water partition coefficient (Wildman–Crippen LogP) is 4.42. The zero-order chi connectivity index (χ0) is 21.8. The molecule has 0 amide bonds. The molecule has 2 aromatic heterocycles. The van der Waals surface area contributed by atoms with Crippen LogP contribution in [0.5, 0.6) is 0 Å². The molecule has 2 fully saturated rings. The molecule has 31 heavy (non-hydrogen) atoms. The summed E-state index contributed by atoms with van der Waals surface area (Å²) >= 11 is 0. The van der Waals surface area contributed by atoms with Crippen molar-refractivity contribution in [1.82, 2.24) is 15.2 Å². The van der Waals surface area contributed by atoms with E-state index in [1.54, 1.807) is 6.92 Å². The van der Waals surface area contributed by atoms with E-state index in [2.05, 4.69) is 25.4 Å². The van der Waals surface area contributed by atoms with Crippen molar-refractivity contribution in [2.45, 2.75) is 26.3 Å².